The van der Waals surface area contributed by atoms with Crippen molar-refractivity contribution >= 4 is 17.8 Å². The summed E-state index contributed by atoms with van der Waals surface area (Å²) in [7, 11) is 0. The van der Waals surface area contributed by atoms with Gasteiger partial charge < -0.3 is 24.4 Å². The molecular weight excluding hydrogens is 618 g/mol. The highest BCUT2D eigenvalue weighted by Gasteiger charge is 2.62. The SMILES string of the molecule is CCCN(Cc1ccc(Oc2ccccc2)cc1)C(=O)[C@H]1[C@@H](C(=O)O)[C@H](C#N)[C@@H]1C(=O)N(CCC)Cc1ccc(Oc2ccccc2)cc1. The highest BCUT2D eigenvalue weighted by molar-refractivity contribution is 5.95. The van der Waals surface area contributed by atoms with Crippen LogP contribution in [-0.2, 0) is 27.5 Å². The number of hydrogen-bond acceptors (Lipinski definition) is 6. The Balaban J connectivity index is 1.32. The second-order valence-electron chi connectivity index (χ2n) is 12.2. The van der Waals surface area contributed by atoms with Crippen molar-refractivity contribution in [2.75, 3.05) is 13.1 Å². The number of para-hydroxylation sites is 2. The topological polar surface area (TPSA) is 120 Å². The third-order valence-electron chi connectivity index (χ3n) is 8.71. The minimum absolute atomic E-state index is 0.231. The van der Waals surface area contributed by atoms with E-state index in [0.29, 0.717) is 48.9 Å². The molecule has 4 aromatic carbocycles. The molecule has 9 heteroatoms. The quantitative estimate of drug-likeness (QED) is 0.140. The fourth-order valence-electron chi connectivity index (χ4n) is 6.34. The van der Waals surface area contributed by atoms with Gasteiger partial charge in [0, 0.05) is 26.2 Å². The van der Waals surface area contributed by atoms with Gasteiger partial charge in [0.2, 0.25) is 11.8 Å². The molecule has 0 heterocycles. The van der Waals surface area contributed by atoms with Crippen LogP contribution in [0.15, 0.2) is 109 Å². The van der Waals surface area contributed by atoms with Gasteiger partial charge in [0.25, 0.3) is 0 Å². The number of aliphatic carboxylic acids is 1. The fraction of sp³-hybridized carbons (Fsp3) is 0.300. The van der Waals surface area contributed by atoms with E-state index in [9.17, 15) is 24.8 Å². The third-order valence-corrected chi connectivity index (χ3v) is 8.71. The van der Waals surface area contributed by atoms with Crippen LogP contribution >= 0.6 is 0 Å². The molecule has 4 atom stereocenters. The van der Waals surface area contributed by atoms with E-state index in [1.165, 1.54) is 0 Å². The summed E-state index contributed by atoms with van der Waals surface area (Å²) < 4.78 is 11.8. The van der Waals surface area contributed by atoms with Crippen LogP contribution in [0.3, 0.4) is 0 Å². The Kier molecular flexibility index (Phi) is 11.7. The molecule has 5 rings (SSSR count). The first-order valence-electron chi connectivity index (χ1n) is 16.7. The van der Waals surface area contributed by atoms with Crippen LogP contribution in [0, 0.1) is 35.0 Å². The number of rotatable bonds is 15. The number of carbonyl (C=O) groups is 3. The summed E-state index contributed by atoms with van der Waals surface area (Å²) in [5, 5.41) is 20.2. The normalized spacial score (nSPS) is 18.0. The molecule has 1 fully saturated rings. The summed E-state index contributed by atoms with van der Waals surface area (Å²) in [5.41, 5.74) is 1.68. The molecule has 0 spiro atoms. The summed E-state index contributed by atoms with van der Waals surface area (Å²) in [6, 6.07) is 35.6. The van der Waals surface area contributed by atoms with E-state index >= 15 is 0 Å². The Hall–Kier alpha value is -5.62. The van der Waals surface area contributed by atoms with Crippen molar-refractivity contribution in [3.8, 4) is 29.1 Å². The molecule has 0 bridgehead atoms. The molecule has 0 saturated heterocycles. The zero-order chi connectivity index (χ0) is 34.8. The molecule has 0 aliphatic heterocycles. The van der Waals surface area contributed by atoms with Crippen LogP contribution in [0.5, 0.6) is 23.0 Å². The third kappa shape index (κ3) is 8.46. The Morgan fingerprint density at radius 3 is 1.37 bits per heavy atom. The molecule has 1 N–H and O–H groups in total. The van der Waals surface area contributed by atoms with E-state index < -0.39 is 35.5 Å². The number of hydrogen-bond donors (Lipinski definition) is 1. The lowest BCUT2D eigenvalue weighted by Gasteiger charge is -2.47. The second-order valence-corrected chi connectivity index (χ2v) is 12.2. The van der Waals surface area contributed by atoms with Crippen LogP contribution in [0.4, 0.5) is 0 Å². The van der Waals surface area contributed by atoms with Gasteiger partial charge in [-0.2, -0.15) is 5.26 Å². The zero-order valence-electron chi connectivity index (χ0n) is 27.8. The summed E-state index contributed by atoms with van der Waals surface area (Å²) in [6.45, 7) is 5.13. The first kappa shape index (κ1) is 34.7. The summed E-state index contributed by atoms with van der Waals surface area (Å²) in [6.07, 6.45) is 1.29. The standard InChI is InChI=1S/C40H41N3O6/c1-3-23-42(26-28-15-19-32(20-16-28)48-30-11-7-5-8-12-30)38(44)35-34(25-41)36(40(46)47)37(35)39(45)43(24-4-2)27-29-17-21-33(22-18-29)49-31-13-9-6-10-14-31/h5-22,34-37H,3-4,23-24,26-27H2,1-2H3,(H,46,47)/t34-,35+,36+,37-/m1/s1. The minimum Gasteiger partial charge on any atom is -0.481 e. The van der Waals surface area contributed by atoms with Gasteiger partial charge in [-0.25, -0.2) is 0 Å². The molecule has 252 valence electrons. The number of nitriles is 1. The van der Waals surface area contributed by atoms with Gasteiger partial charge in [-0.05, 0) is 72.5 Å². The minimum atomic E-state index is -1.27. The summed E-state index contributed by atoms with van der Waals surface area (Å²) >= 11 is 0. The van der Waals surface area contributed by atoms with Crippen molar-refractivity contribution in [1.29, 1.82) is 5.26 Å². The molecule has 0 unspecified atom stereocenters. The van der Waals surface area contributed by atoms with Gasteiger partial charge in [-0.15, -0.1) is 0 Å². The number of carbonyl (C=O) groups excluding carboxylic acids is 2. The molecule has 1 aliphatic rings. The number of amides is 2. The first-order chi connectivity index (χ1) is 23.8. The molecular formula is C40H41N3O6. The monoisotopic (exact) mass is 659 g/mol. The van der Waals surface area contributed by atoms with Crippen LogP contribution in [0.1, 0.15) is 37.8 Å². The summed E-state index contributed by atoms with van der Waals surface area (Å²) in [4.78, 5) is 44.0. The van der Waals surface area contributed by atoms with Crippen molar-refractivity contribution in [3.05, 3.63) is 120 Å². The highest BCUT2D eigenvalue weighted by atomic mass is 16.5. The first-order valence-corrected chi connectivity index (χ1v) is 16.7. The Morgan fingerprint density at radius 2 is 1.00 bits per heavy atom. The van der Waals surface area contributed by atoms with Gasteiger partial charge in [0.15, 0.2) is 0 Å². The van der Waals surface area contributed by atoms with Crippen molar-refractivity contribution in [2.24, 2.45) is 23.7 Å². The van der Waals surface area contributed by atoms with Gasteiger partial charge >= 0.3 is 5.97 Å². The van der Waals surface area contributed by atoms with Crippen LogP contribution in [-0.4, -0.2) is 45.8 Å². The number of carboxylic acids is 1. The lowest BCUT2D eigenvalue weighted by molar-refractivity contribution is -0.174. The highest BCUT2D eigenvalue weighted by Crippen LogP contribution is 2.48. The van der Waals surface area contributed by atoms with Crippen molar-refractivity contribution in [2.45, 2.75) is 39.8 Å². The lowest BCUT2D eigenvalue weighted by atomic mass is 9.56. The Morgan fingerprint density at radius 1 is 0.612 bits per heavy atom. The Bertz CT molecular complexity index is 1740. The smallest absolute Gasteiger partial charge is 0.308 e. The largest absolute Gasteiger partial charge is 0.481 e. The predicted molar refractivity (Wildman–Crippen MR) is 185 cm³/mol. The summed E-state index contributed by atoms with van der Waals surface area (Å²) in [5.74, 6) is -3.95. The number of benzene rings is 4. The van der Waals surface area contributed by atoms with Gasteiger partial charge in [-0.3, -0.25) is 14.4 Å². The van der Waals surface area contributed by atoms with E-state index in [0.717, 1.165) is 11.1 Å². The van der Waals surface area contributed by atoms with E-state index in [1.54, 1.807) is 9.80 Å². The molecule has 49 heavy (non-hydrogen) atoms. The van der Waals surface area contributed by atoms with E-state index in [1.807, 2.05) is 123 Å². The molecule has 1 aliphatic carbocycles. The second kappa shape index (κ2) is 16.5. The fourth-order valence-corrected chi connectivity index (χ4v) is 6.34. The predicted octanol–water partition coefficient (Wildman–Crippen LogP) is 7.54. The average molecular weight is 660 g/mol. The van der Waals surface area contributed by atoms with Crippen molar-refractivity contribution in [3.63, 3.8) is 0 Å². The molecule has 0 radical (unpaired) electrons. The van der Waals surface area contributed by atoms with E-state index in [4.69, 9.17) is 9.47 Å². The lowest BCUT2D eigenvalue weighted by Crippen LogP contribution is -2.62. The Labute approximate surface area is 287 Å². The molecule has 4 aromatic rings. The maximum Gasteiger partial charge on any atom is 0.308 e. The van der Waals surface area contributed by atoms with Crippen molar-refractivity contribution in [1.82, 2.24) is 9.80 Å². The number of nitrogens with zero attached hydrogens (tertiary/aromatic N) is 3. The molecule has 1 saturated carbocycles. The number of ether oxygens (including phenoxy) is 2. The maximum atomic E-state index is 14.2. The van der Waals surface area contributed by atoms with Gasteiger partial charge in [0.05, 0.1) is 29.7 Å². The van der Waals surface area contributed by atoms with Crippen LogP contribution < -0.4 is 9.47 Å². The van der Waals surface area contributed by atoms with E-state index in [2.05, 4.69) is 6.07 Å². The average Bonchev–Trinajstić information content (AvgIpc) is 3.10. The molecule has 2 amide bonds. The maximum absolute atomic E-state index is 14.2. The van der Waals surface area contributed by atoms with Gasteiger partial charge in [-0.1, -0.05) is 74.5 Å². The molecule has 0 aromatic heterocycles. The van der Waals surface area contributed by atoms with Gasteiger partial charge in [0.1, 0.15) is 23.0 Å². The van der Waals surface area contributed by atoms with Crippen LogP contribution in [0.2, 0.25) is 0 Å². The zero-order valence-corrected chi connectivity index (χ0v) is 27.8. The van der Waals surface area contributed by atoms with E-state index in [-0.39, 0.29) is 19.0 Å². The molecule has 9 nitrogen and oxygen atoms in total. The van der Waals surface area contributed by atoms with Crippen molar-refractivity contribution < 1.29 is 29.0 Å². The van der Waals surface area contributed by atoms with Crippen LogP contribution in [0.25, 0.3) is 0 Å². The number of carboxylic acid groups (broad SMARTS) is 1.